The van der Waals surface area contributed by atoms with Crippen LogP contribution in [0.4, 0.5) is 23.3 Å². The van der Waals surface area contributed by atoms with Crippen LogP contribution in [0.1, 0.15) is 25.0 Å². The zero-order valence-electron chi connectivity index (χ0n) is 34.0. The normalized spacial score (nSPS) is 15.1. The van der Waals surface area contributed by atoms with Gasteiger partial charge in [0.1, 0.15) is 20.2 Å². The number of nitrogens with one attached hydrogen (secondary N) is 2. The summed E-state index contributed by atoms with van der Waals surface area (Å²) in [5.41, 5.74) is -0.857. The fraction of sp³-hybridized carbons (Fsp3) is 0.278. The minimum absolute atomic E-state index is 0. The van der Waals surface area contributed by atoms with Gasteiger partial charge in [0.15, 0.2) is 0 Å². The number of hydrogen-bond donors (Lipinski definition) is 2. The molecule has 2 aliphatic heterocycles. The van der Waals surface area contributed by atoms with Crippen molar-refractivity contribution in [2.45, 2.75) is 23.6 Å². The van der Waals surface area contributed by atoms with Gasteiger partial charge in [-0.25, -0.2) is 36.4 Å². The van der Waals surface area contributed by atoms with Crippen LogP contribution >= 0.6 is 0 Å². The predicted octanol–water partition coefficient (Wildman–Crippen LogP) is -4.99. The molecule has 0 spiro atoms. The maximum absolute atomic E-state index is 12.5. The number of anilines is 2. The summed E-state index contributed by atoms with van der Waals surface area (Å²) in [6.07, 6.45) is 2.25. The van der Waals surface area contributed by atoms with Crippen molar-refractivity contribution in [3.05, 3.63) is 83.1 Å². The van der Waals surface area contributed by atoms with Gasteiger partial charge in [-0.1, -0.05) is 37.4 Å². The largest absolute Gasteiger partial charge is 1.00 e. The van der Waals surface area contributed by atoms with E-state index in [0.717, 1.165) is 24.3 Å². The van der Waals surface area contributed by atoms with E-state index in [4.69, 9.17) is 18.9 Å². The number of rotatable bonds is 12. The number of benzene rings is 2. The van der Waals surface area contributed by atoms with Crippen LogP contribution in [0.2, 0.25) is 0 Å². The Bertz CT molecular complexity index is 2580. The third-order valence-corrected chi connectivity index (χ3v) is 10.2. The van der Waals surface area contributed by atoms with Gasteiger partial charge in [0.05, 0.1) is 47.6 Å². The van der Waals surface area contributed by atoms with Crippen LogP contribution < -0.4 is 89.6 Å². The van der Waals surface area contributed by atoms with Gasteiger partial charge >= 0.3 is 83.1 Å². The van der Waals surface area contributed by atoms with E-state index in [1.807, 2.05) is 0 Å². The molecule has 2 N–H and O–H groups in total. The second kappa shape index (κ2) is 21.8. The van der Waals surface area contributed by atoms with Gasteiger partial charge in [-0.05, 0) is 49.2 Å². The van der Waals surface area contributed by atoms with E-state index in [1.165, 1.54) is 38.1 Å². The summed E-state index contributed by atoms with van der Waals surface area (Å²) in [5, 5.41) is 0. The molecule has 62 heavy (non-hydrogen) atoms. The number of nitrogens with zero attached hydrogens (tertiary/aromatic N) is 8. The first kappa shape index (κ1) is 50.2. The molecule has 0 amide bonds. The van der Waals surface area contributed by atoms with Crippen LogP contribution in [-0.2, 0) is 39.3 Å². The Labute approximate surface area is 399 Å². The third-order valence-electron chi connectivity index (χ3n) is 8.38. The Morgan fingerprint density at radius 2 is 1.03 bits per heavy atom. The summed E-state index contributed by atoms with van der Waals surface area (Å²) in [6.45, 7) is 13.3. The number of ether oxygens (including phenoxy) is 4. The molecule has 0 aliphatic carbocycles. The van der Waals surface area contributed by atoms with Gasteiger partial charge in [-0.3, -0.25) is 9.97 Å². The number of carbonyl (C=O) groups is 2. The van der Waals surface area contributed by atoms with Crippen molar-refractivity contribution in [1.29, 1.82) is 0 Å². The minimum Gasteiger partial charge on any atom is -0.744 e. The smallest absolute Gasteiger partial charge is 0.744 e. The second-order valence-electron chi connectivity index (χ2n) is 13.0. The molecule has 2 saturated heterocycles. The van der Waals surface area contributed by atoms with Gasteiger partial charge in [-0.2, -0.15) is 19.9 Å². The Kier molecular flexibility index (Phi) is 17.6. The summed E-state index contributed by atoms with van der Waals surface area (Å²) < 4.78 is 96.2. The number of esters is 2. The zero-order chi connectivity index (χ0) is 43.2. The number of H-pyrrole nitrogens is 2. The fourth-order valence-corrected chi connectivity index (χ4v) is 6.80. The maximum atomic E-state index is 12.5. The van der Waals surface area contributed by atoms with E-state index in [-0.39, 0.29) is 128 Å². The quantitative estimate of drug-likeness (QED) is 0.0442. The molecule has 316 valence electrons. The van der Waals surface area contributed by atoms with E-state index in [1.54, 1.807) is 9.80 Å². The number of hydrogen-bond acceptors (Lipinski definition) is 20. The van der Waals surface area contributed by atoms with Crippen molar-refractivity contribution >= 4 is 67.6 Å². The molecule has 0 unspecified atom stereocenters. The molecule has 2 aliphatic rings. The van der Waals surface area contributed by atoms with Crippen molar-refractivity contribution in [1.82, 2.24) is 29.9 Å². The van der Waals surface area contributed by atoms with Crippen LogP contribution in [0.25, 0.3) is 12.2 Å². The molecule has 0 radical (unpaired) electrons. The summed E-state index contributed by atoms with van der Waals surface area (Å²) in [7, 11) is -10.4. The molecule has 0 atom stereocenters. The van der Waals surface area contributed by atoms with Gasteiger partial charge in [-0.15, -0.1) is 0 Å². The summed E-state index contributed by atoms with van der Waals surface area (Å²) in [4.78, 5) is 57.7. The molecule has 2 aromatic carbocycles. The van der Waals surface area contributed by atoms with E-state index in [9.17, 15) is 35.5 Å². The fourth-order valence-electron chi connectivity index (χ4n) is 5.42. The number of aromatic nitrogens is 6. The number of carbonyl (C=O) groups excluding carboxylic acids is 2. The summed E-state index contributed by atoms with van der Waals surface area (Å²) in [6, 6.07) is 6.46. The molecular formula is C36H36N10Na2O12S2. The van der Waals surface area contributed by atoms with Gasteiger partial charge < -0.3 is 37.9 Å². The van der Waals surface area contributed by atoms with Crippen molar-refractivity contribution < 1.29 is 114 Å². The number of aromatic amines is 2. The minimum atomic E-state index is -5.19. The molecule has 6 rings (SSSR count). The molecule has 4 heterocycles. The van der Waals surface area contributed by atoms with Crippen molar-refractivity contribution in [3.8, 4) is 12.0 Å². The average Bonchev–Trinajstić information content (AvgIpc) is 3.20. The van der Waals surface area contributed by atoms with Gasteiger partial charge in [0.25, 0.3) is 11.2 Å². The van der Waals surface area contributed by atoms with Crippen LogP contribution in [0, 0.1) is 0 Å². The van der Waals surface area contributed by atoms with Crippen molar-refractivity contribution in [2.75, 3.05) is 62.4 Å². The Morgan fingerprint density at radius 1 is 0.677 bits per heavy atom. The number of morpholine rings is 2. The zero-order valence-corrected chi connectivity index (χ0v) is 39.6. The first-order chi connectivity index (χ1) is 28.4. The predicted molar refractivity (Wildman–Crippen MR) is 208 cm³/mol. The topological polar surface area (TPSA) is 300 Å². The first-order valence-corrected chi connectivity index (χ1v) is 20.6. The summed E-state index contributed by atoms with van der Waals surface area (Å²) in [5.74, 6) is -1.12. The first-order valence-electron chi connectivity index (χ1n) is 17.8. The molecule has 0 bridgehead atoms. The van der Waals surface area contributed by atoms with E-state index < -0.39 is 42.0 Å². The SMILES string of the molecule is C=C(C)C(=O)Oc1nc(=Nc2ccc(/C=C/c3ccc(N=c4nc(OC(=O)C(=C)C)[nH]c(N5CCOCC5)n4)cc3S(=O)(=O)[O-])c(S(=O)(=O)[O-])c2)nc(N2CCOCC2)[nH]1.[Na+].[Na+]. The third kappa shape index (κ3) is 13.5. The molecular weight excluding hydrogens is 875 g/mol. The molecule has 0 saturated carbocycles. The van der Waals surface area contributed by atoms with Gasteiger partial charge in [0.2, 0.25) is 11.9 Å². The van der Waals surface area contributed by atoms with Crippen molar-refractivity contribution in [3.63, 3.8) is 0 Å². The monoisotopic (exact) mass is 910 g/mol. The molecule has 2 aromatic heterocycles. The Hall–Kier alpha value is -4.44. The Balaban J connectivity index is 0.00000422. The van der Waals surface area contributed by atoms with Crippen LogP contribution in [0.5, 0.6) is 12.0 Å². The molecule has 2 fully saturated rings. The van der Waals surface area contributed by atoms with Crippen LogP contribution in [0.3, 0.4) is 0 Å². The second-order valence-corrected chi connectivity index (χ2v) is 15.7. The standard InChI is InChI=1S/C36H38N10O12S2.2Na/c1-21(2)29(47)57-35-41-31(39-33(43-35)45-11-15-55-16-12-45)37-25-9-7-23(27(19-25)59(49,50)51)5-6-24-8-10-26(20-28(24)60(52,53)54)38-32-40-34(46-13-17-56-18-14-46)44-36(42-32)58-30(48)22(3)4;;/h5-10,19-20H,1,3,11-18H2,2,4H3,(H,49,50,51)(H,52,53,54)(H,37,39,41,43)(H,38,40,42,44);;/q;2*+1/p-2/b6-5+;;. The summed E-state index contributed by atoms with van der Waals surface area (Å²) >= 11 is 0. The van der Waals surface area contributed by atoms with E-state index >= 15 is 0 Å². The average molecular weight is 911 g/mol. The van der Waals surface area contributed by atoms with Crippen molar-refractivity contribution in [2.24, 2.45) is 9.98 Å². The van der Waals surface area contributed by atoms with E-state index in [0.29, 0.717) is 52.6 Å². The molecule has 26 heteroatoms. The van der Waals surface area contributed by atoms with Crippen LogP contribution in [-0.4, -0.2) is 120 Å². The molecule has 4 aromatic rings. The van der Waals surface area contributed by atoms with E-state index in [2.05, 4.69) is 53.0 Å². The van der Waals surface area contributed by atoms with Crippen LogP contribution in [0.15, 0.2) is 80.5 Å². The Morgan fingerprint density at radius 3 is 1.35 bits per heavy atom. The van der Waals surface area contributed by atoms with Gasteiger partial charge in [0, 0.05) is 37.3 Å². The molecule has 22 nitrogen and oxygen atoms in total. The maximum Gasteiger partial charge on any atom is 1.00 e.